The van der Waals surface area contributed by atoms with Gasteiger partial charge in [0.15, 0.2) is 5.69 Å². The molecule has 6 nitrogen and oxygen atoms in total. The highest BCUT2D eigenvalue weighted by Crippen LogP contribution is 2.39. The Morgan fingerprint density at radius 1 is 0.972 bits per heavy atom. The molecule has 7 rings (SSSR count). The highest BCUT2D eigenvalue weighted by atomic mass is 15.2. The minimum atomic E-state index is 0.648. The third-order valence-electron chi connectivity index (χ3n) is 8.16. The van der Waals surface area contributed by atoms with E-state index in [0.29, 0.717) is 23.7 Å². The van der Waals surface area contributed by atoms with Crippen LogP contribution >= 0.6 is 0 Å². The Kier molecular flexibility index (Phi) is 4.93. The third-order valence-corrected chi connectivity index (χ3v) is 8.16. The minimum absolute atomic E-state index is 0.648. The number of rotatable bonds is 4. The Morgan fingerprint density at radius 2 is 1.75 bits per heavy atom. The van der Waals surface area contributed by atoms with Crippen molar-refractivity contribution in [2.75, 3.05) is 0 Å². The second-order valence-corrected chi connectivity index (χ2v) is 10.4. The predicted molar refractivity (Wildman–Crippen MR) is 144 cm³/mol. The number of hydrogen-bond acceptors (Lipinski definition) is 3. The number of benzene rings is 2. The zero-order chi connectivity index (χ0) is 24.2. The van der Waals surface area contributed by atoms with Gasteiger partial charge in [0.2, 0.25) is 0 Å². The number of aromatic nitrogens is 4. The minimum Gasteiger partial charge on any atom is -0.346 e. The van der Waals surface area contributed by atoms with Crippen LogP contribution in [0.2, 0.25) is 0 Å². The first-order valence-electron chi connectivity index (χ1n) is 12.8. The van der Waals surface area contributed by atoms with Crippen molar-refractivity contribution in [1.82, 2.24) is 24.6 Å². The normalized spacial score (nSPS) is 21.3. The van der Waals surface area contributed by atoms with E-state index in [4.69, 9.17) is 11.6 Å². The maximum Gasteiger partial charge on any atom is 0.187 e. The van der Waals surface area contributed by atoms with Crippen molar-refractivity contribution in [2.24, 2.45) is 13.0 Å². The van der Waals surface area contributed by atoms with Gasteiger partial charge in [-0.3, -0.25) is 9.67 Å². The van der Waals surface area contributed by atoms with Gasteiger partial charge in [0, 0.05) is 53.8 Å². The molecule has 2 aromatic carbocycles. The smallest absolute Gasteiger partial charge is 0.187 e. The van der Waals surface area contributed by atoms with E-state index in [-0.39, 0.29) is 0 Å². The van der Waals surface area contributed by atoms with Crippen LogP contribution < -0.4 is 5.32 Å². The second kappa shape index (κ2) is 8.32. The van der Waals surface area contributed by atoms with Crippen molar-refractivity contribution in [1.29, 1.82) is 0 Å². The van der Waals surface area contributed by atoms with Crippen LogP contribution in [0, 0.1) is 12.5 Å². The largest absolute Gasteiger partial charge is 0.346 e. The lowest BCUT2D eigenvalue weighted by molar-refractivity contribution is 0.274. The average Bonchev–Trinajstić information content (AvgIpc) is 3.60. The van der Waals surface area contributed by atoms with E-state index in [1.54, 1.807) is 0 Å². The Balaban J connectivity index is 1.36. The summed E-state index contributed by atoms with van der Waals surface area (Å²) in [6.45, 7) is 8.40. The summed E-state index contributed by atoms with van der Waals surface area (Å²) in [6.07, 6.45) is 11.4. The molecule has 2 atom stereocenters. The molecule has 0 amide bonds. The molecule has 178 valence electrons. The first kappa shape index (κ1) is 21.3. The van der Waals surface area contributed by atoms with Gasteiger partial charge in [-0.05, 0) is 55.4 Å². The summed E-state index contributed by atoms with van der Waals surface area (Å²) in [5.41, 5.74) is 7.17. The van der Waals surface area contributed by atoms with Gasteiger partial charge in [-0.1, -0.05) is 30.3 Å². The maximum absolute atomic E-state index is 7.36. The summed E-state index contributed by atoms with van der Waals surface area (Å²) in [6, 6.07) is 18.0. The van der Waals surface area contributed by atoms with Crippen molar-refractivity contribution in [3.05, 3.63) is 78.5 Å². The number of hydrogen-bond donors (Lipinski definition) is 1. The lowest BCUT2D eigenvalue weighted by Gasteiger charge is -2.29. The van der Waals surface area contributed by atoms with Gasteiger partial charge in [0.25, 0.3) is 0 Å². The van der Waals surface area contributed by atoms with Crippen LogP contribution in [0.4, 0.5) is 5.69 Å². The van der Waals surface area contributed by atoms with Crippen molar-refractivity contribution >= 4 is 27.5 Å². The highest BCUT2D eigenvalue weighted by Gasteiger charge is 2.33. The first-order valence-corrected chi connectivity index (χ1v) is 12.8. The number of pyridine rings is 1. The molecule has 0 spiro atoms. The summed E-state index contributed by atoms with van der Waals surface area (Å²) in [5, 5.41) is 10.5. The fourth-order valence-electron chi connectivity index (χ4n) is 6.44. The SMILES string of the molecule is [C-]#[N+]c1ccc(-c2c(-c3ccc4c(cnn4C)c3)ncc3c2ccn3CC2CC3CCC(C2)N3)cc1. The quantitative estimate of drug-likeness (QED) is 0.311. The van der Waals surface area contributed by atoms with Crippen LogP contribution in [0.15, 0.2) is 67.1 Å². The van der Waals surface area contributed by atoms with Crippen molar-refractivity contribution in [2.45, 2.75) is 44.3 Å². The fraction of sp³-hybridized carbons (Fsp3) is 0.300. The molecule has 0 aliphatic carbocycles. The van der Waals surface area contributed by atoms with Crippen LogP contribution in [0.3, 0.4) is 0 Å². The first-order chi connectivity index (χ1) is 17.7. The molecule has 2 unspecified atom stereocenters. The molecule has 6 heteroatoms. The van der Waals surface area contributed by atoms with Crippen molar-refractivity contribution in [3.8, 4) is 22.4 Å². The molecule has 2 fully saturated rings. The second-order valence-electron chi connectivity index (χ2n) is 10.4. The molecule has 3 aromatic heterocycles. The summed E-state index contributed by atoms with van der Waals surface area (Å²) >= 11 is 0. The molecular weight excluding hydrogens is 444 g/mol. The molecular formula is C30H28N6. The summed E-state index contributed by atoms with van der Waals surface area (Å²) < 4.78 is 4.30. The van der Waals surface area contributed by atoms with Gasteiger partial charge in [-0.15, -0.1) is 0 Å². The lowest BCUT2D eigenvalue weighted by atomic mass is 9.92. The van der Waals surface area contributed by atoms with Gasteiger partial charge in [0.1, 0.15) is 0 Å². The Labute approximate surface area is 210 Å². The molecule has 36 heavy (non-hydrogen) atoms. The van der Waals surface area contributed by atoms with Gasteiger partial charge >= 0.3 is 0 Å². The highest BCUT2D eigenvalue weighted by molar-refractivity contribution is 6.02. The van der Waals surface area contributed by atoms with Crippen LogP contribution in [0.25, 0.3) is 49.0 Å². The number of nitrogens with zero attached hydrogens (tertiary/aromatic N) is 5. The van der Waals surface area contributed by atoms with E-state index in [9.17, 15) is 0 Å². The topological polar surface area (TPSA) is 52.0 Å². The van der Waals surface area contributed by atoms with E-state index < -0.39 is 0 Å². The van der Waals surface area contributed by atoms with Crippen LogP contribution in [0.5, 0.6) is 0 Å². The van der Waals surface area contributed by atoms with E-state index >= 15 is 0 Å². The molecule has 2 aliphatic rings. The van der Waals surface area contributed by atoms with E-state index in [2.05, 4.69) is 62.4 Å². The Hall–Kier alpha value is -3.95. The summed E-state index contributed by atoms with van der Waals surface area (Å²) in [5.74, 6) is 0.702. The predicted octanol–water partition coefficient (Wildman–Crippen LogP) is 6.34. The summed E-state index contributed by atoms with van der Waals surface area (Å²) in [7, 11) is 1.97. The number of fused-ring (bicyclic) bond motifs is 4. The number of piperidine rings is 1. The molecule has 0 radical (unpaired) electrons. The zero-order valence-corrected chi connectivity index (χ0v) is 20.4. The molecule has 1 N–H and O–H groups in total. The number of aryl methyl sites for hydroxylation is 1. The molecule has 2 bridgehead atoms. The van der Waals surface area contributed by atoms with E-state index in [1.807, 2.05) is 36.3 Å². The van der Waals surface area contributed by atoms with Crippen LogP contribution in [-0.2, 0) is 13.6 Å². The molecule has 5 heterocycles. The van der Waals surface area contributed by atoms with E-state index in [0.717, 1.165) is 39.8 Å². The molecule has 0 saturated carbocycles. The molecule has 2 saturated heterocycles. The zero-order valence-electron chi connectivity index (χ0n) is 20.4. The van der Waals surface area contributed by atoms with Crippen molar-refractivity contribution in [3.63, 3.8) is 0 Å². The average molecular weight is 473 g/mol. The third kappa shape index (κ3) is 3.51. The van der Waals surface area contributed by atoms with Gasteiger partial charge < -0.3 is 9.88 Å². The monoisotopic (exact) mass is 472 g/mol. The van der Waals surface area contributed by atoms with Gasteiger partial charge in [0.05, 0.1) is 35.7 Å². The number of nitrogens with one attached hydrogen (secondary N) is 1. The Bertz CT molecular complexity index is 1620. The van der Waals surface area contributed by atoms with E-state index in [1.165, 1.54) is 36.6 Å². The van der Waals surface area contributed by atoms with Gasteiger partial charge in [-0.2, -0.15) is 5.10 Å². The van der Waals surface area contributed by atoms with Gasteiger partial charge in [-0.25, -0.2) is 4.85 Å². The summed E-state index contributed by atoms with van der Waals surface area (Å²) in [4.78, 5) is 8.64. The van der Waals surface area contributed by atoms with Crippen LogP contribution in [0.1, 0.15) is 25.7 Å². The van der Waals surface area contributed by atoms with Crippen LogP contribution in [-0.4, -0.2) is 31.4 Å². The van der Waals surface area contributed by atoms with Crippen molar-refractivity contribution < 1.29 is 0 Å². The Morgan fingerprint density at radius 3 is 2.53 bits per heavy atom. The standard InChI is InChI=1S/C30H28N6/c1-31-23-6-3-20(4-7-23)29-26-11-12-36(18-19-13-24-8-9-25(14-19)34-24)28(26)17-32-30(29)21-5-10-27-22(15-21)16-33-35(27)2/h3-7,10-12,15-17,19,24-25,34H,8-9,13-14,18H2,2H3. The fourth-order valence-corrected chi connectivity index (χ4v) is 6.44. The maximum atomic E-state index is 7.36. The molecule has 2 aliphatic heterocycles. The molecule has 5 aromatic rings. The lowest BCUT2D eigenvalue weighted by Crippen LogP contribution is -2.39.